The molecule has 98 valence electrons. The minimum atomic E-state index is -0.242. The third kappa shape index (κ3) is 2.55. The van der Waals surface area contributed by atoms with Crippen LogP contribution < -0.4 is 9.47 Å². The van der Waals surface area contributed by atoms with Gasteiger partial charge in [0.2, 0.25) is 0 Å². The molecule has 0 aliphatic carbocycles. The maximum atomic E-state index is 13.4. The van der Waals surface area contributed by atoms with Crippen molar-refractivity contribution in [3.63, 3.8) is 0 Å². The van der Waals surface area contributed by atoms with E-state index in [0.29, 0.717) is 17.9 Å². The fourth-order valence-electron chi connectivity index (χ4n) is 2.20. The van der Waals surface area contributed by atoms with Gasteiger partial charge in [0.25, 0.3) is 0 Å². The summed E-state index contributed by atoms with van der Waals surface area (Å²) in [5.74, 6) is 1.22. The average Bonchev–Trinajstić information content (AvgIpc) is 2.83. The van der Waals surface area contributed by atoms with Gasteiger partial charge in [-0.2, -0.15) is 0 Å². The number of para-hydroxylation sites is 1. The third-order valence-electron chi connectivity index (χ3n) is 3.29. The topological polar surface area (TPSA) is 18.5 Å². The Balaban J connectivity index is 1.61. The third-order valence-corrected chi connectivity index (χ3v) is 3.29. The second kappa shape index (κ2) is 4.92. The molecule has 1 aliphatic rings. The summed E-state index contributed by atoms with van der Waals surface area (Å²) in [6, 6.07) is 12.9. The molecule has 1 heterocycles. The Kier molecular flexibility index (Phi) is 3.11. The molecule has 1 atom stereocenters. The van der Waals surface area contributed by atoms with Crippen molar-refractivity contribution in [2.24, 2.45) is 0 Å². The van der Waals surface area contributed by atoms with Gasteiger partial charge < -0.3 is 9.47 Å². The number of hydrogen-bond donors (Lipinski definition) is 0. The van der Waals surface area contributed by atoms with Crippen molar-refractivity contribution < 1.29 is 13.9 Å². The van der Waals surface area contributed by atoms with Crippen LogP contribution in [0.1, 0.15) is 11.1 Å². The molecule has 0 aromatic heterocycles. The minimum absolute atomic E-state index is 0.00163. The summed E-state index contributed by atoms with van der Waals surface area (Å²) >= 11 is 0. The normalized spacial score (nSPS) is 16.8. The Labute approximate surface area is 111 Å². The molecule has 2 aromatic rings. The van der Waals surface area contributed by atoms with Crippen LogP contribution in [0.3, 0.4) is 0 Å². The summed E-state index contributed by atoms with van der Waals surface area (Å²) in [6.45, 7) is 2.16. The molecule has 1 aliphatic heterocycles. The molecule has 0 saturated carbocycles. The molecule has 3 heteroatoms. The second-order valence-corrected chi connectivity index (χ2v) is 4.77. The van der Waals surface area contributed by atoms with E-state index in [2.05, 4.69) is 6.07 Å². The van der Waals surface area contributed by atoms with Crippen LogP contribution in [0.15, 0.2) is 42.5 Å². The number of hydrogen-bond acceptors (Lipinski definition) is 2. The first-order chi connectivity index (χ1) is 9.22. The lowest BCUT2D eigenvalue weighted by molar-refractivity contribution is 0.148. The fraction of sp³-hybridized carbons (Fsp3) is 0.250. The Morgan fingerprint density at radius 3 is 2.89 bits per heavy atom. The van der Waals surface area contributed by atoms with E-state index >= 15 is 0 Å². The maximum Gasteiger partial charge on any atom is 0.137 e. The zero-order valence-corrected chi connectivity index (χ0v) is 10.7. The van der Waals surface area contributed by atoms with E-state index in [-0.39, 0.29) is 11.9 Å². The van der Waals surface area contributed by atoms with Gasteiger partial charge in [0.05, 0.1) is 0 Å². The first-order valence-corrected chi connectivity index (χ1v) is 6.36. The van der Waals surface area contributed by atoms with Crippen LogP contribution in [0.25, 0.3) is 0 Å². The molecule has 19 heavy (non-hydrogen) atoms. The highest BCUT2D eigenvalue weighted by atomic mass is 19.1. The molecule has 0 saturated heterocycles. The van der Waals surface area contributed by atoms with Crippen molar-refractivity contribution in [1.82, 2.24) is 0 Å². The summed E-state index contributed by atoms with van der Waals surface area (Å²) in [5.41, 5.74) is 1.82. The van der Waals surface area contributed by atoms with Crippen molar-refractivity contribution >= 4 is 0 Å². The maximum absolute atomic E-state index is 13.4. The summed E-state index contributed by atoms with van der Waals surface area (Å²) in [6.07, 6.45) is 0.839. The molecular weight excluding hydrogens is 243 g/mol. The van der Waals surface area contributed by atoms with Crippen LogP contribution in [0, 0.1) is 12.7 Å². The van der Waals surface area contributed by atoms with Crippen LogP contribution >= 0.6 is 0 Å². The molecule has 0 N–H and O–H groups in total. The molecule has 2 nitrogen and oxygen atoms in total. The summed E-state index contributed by atoms with van der Waals surface area (Å²) < 4.78 is 24.7. The second-order valence-electron chi connectivity index (χ2n) is 4.77. The van der Waals surface area contributed by atoms with E-state index in [0.717, 1.165) is 12.2 Å². The van der Waals surface area contributed by atoms with Gasteiger partial charge in [0.15, 0.2) is 0 Å². The number of aryl methyl sites for hydroxylation is 1. The molecule has 1 unspecified atom stereocenters. The van der Waals surface area contributed by atoms with Crippen LogP contribution in [-0.4, -0.2) is 12.7 Å². The zero-order chi connectivity index (χ0) is 13.2. The lowest BCUT2D eigenvalue weighted by atomic mass is 10.1. The van der Waals surface area contributed by atoms with Gasteiger partial charge in [-0.05, 0) is 30.2 Å². The Morgan fingerprint density at radius 2 is 2.11 bits per heavy atom. The van der Waals surface area contributed by atoms with Crippen molar-refractivity contribution in [2.75, 3.05) is 6.61 Å². The molecule has 0 bridgehead atoms. The van der Waals surface area contributed by atoms with E-state index in [9.17, 15) is 4.39 Å². The summed E-state index contributed by atoms with van der Waals surface area (Å²) in [7, 11) is 0. The van der Waals surface area contributed by atoms with Crippen molar-refractivity contribution in [3.8, 4) is 11.5 Å². The quantitative estimate of drug-likeness (QED) is 0.838. The predicted octanol–water partition coefficient (Wildman–Crippen LogP) is 3.52. The van der Waals surface area contributed by atoms with E-state index < -0.39 is 0 Å². The Bertz CT molecular complexity index is 570. The highest BCUT2D eigenvalue weighted by Gasteiger charge is 2.22. The number of ether oxygens (including phenoxy) is 2. The monoisotopic (exact) mass is 258 g/mol. The molecule has 3 rings (SSSR count). The van der Waals surface area contributed by atoms with Crippen molar-refractivity contribution in [1.29, 1.82) is 0 Å². The summed E-state index contributed by atoms with van der Waals surface area (Å²) in [4.78, 5) is 0. The molecule has 0 spiro atoms. The number of halogens is 1. The first kappa shape index (κ1) is 12.0. The smallest absolute Gasteiger partial charge is 0.137 e. The molecule has 0 fully saturated rings. The SMILES string of the molecule is Cc1ccc(OCC2Cc3ccccc3O2)cc1F. The van der Waals surface area contributed by atoms with Crippen LogP contribution in [0.5, 0.6) is 11.5 Å². The van der Waals surface area contributed by atoms with E-state index in [4.69, 9.17) is 9.47 Å². The van der Waals surface area contributed by atoms with Gasteiger partial charge in [-0.25, -0.2) is 4.39 Å². The van der Waals surface area contributed by atoms with Crippen LogP contribution in [0.2, 0.25) is 0 Å². The largest absolute Gasteiger partial charge is 0.490 e. The fourth-order valence-corrected chi connectivity index (χ4v) is 2.20. The van der Waals surface area contributed by atoms with Gasteiger partial charge in [0.1, 0.15) is 30.0 Å². The van der Waals surface area contributed by atoms with Gasteiger partial charge in [-0.3, -0.25) is 0 Å². The number of rotatable bonds is 3. The standard InChI is InChI=1S/C16H15FO2/c1-11-6-7-13(9-15(11)17)18-10-14-8-12-4-2-3-5-16(12)19-14/h2-7,9,14H,8,10H2,1H3. The van der Waals surface area contributed by atoms with Gasteiger partial charge in [0, 0.05) is 12.5 Å². The van der Waals surface area contributed by atoms with Crippen LogP contribution in [0.4, 0.5) is 4.39 Å². The van der Waals surface area contributed by atoms with Crippen LogP contribution in [-0.2, 0) is 6.42 Å². The highest BCUT2D eigenvalue weighted by Crippen LogP contribution is 2.28. The highest BCUT2D eigenvalue weighted by molar-refractivity contribution is 5.37. The molecule has 0 radical (unpaired) electrons. The lowest BCUT2D eigenvalue weighted by Gasteiger charge is -2.12. The number of fused-ring (bicyclic) bond motifs is 1. The van der Waals surface area contributed by atoms with Crippen molar-refractivity contribution in [2.45, 2.75) is 19.4 Å². The predicted molar refractivity (Wildman–Crippen MR) is 71.2 cm³/mol. The Hall–Kier alpha value is -2.03. The van der Waals surface area contributed by atoms with Gasteiger partial charge in [-0.1, -0.05) is 24.3 Å². The molecule has 2 aromatic carbocycles. The number of benzene rings is 2. The van der Waals surface area contributed by atoms with Gasteiger partial charge in [-0.15, -0.1) is 0 Å². The Morgan fingerprint density at radius 1 is 1.26 bits per heavy atom. The van der Waals surface area contributed by atoms with E-state index in [1.54, 1.807) is 19.1 Å². The molecular formula is C16H15FO2. The van der Waals surface area contributed by atoms with E-state index in [1.807, 2.05) is 18.2 Å². The van der Waals surface area contributed by atoms with Crippen molar-refractivity contribution in [3.05, 3.63) is 59.4 Å². The van der Waals surface area contributed by atoms with E-state index in [1.165, 1.54) is 11.6 Å². The average molecular weight is 258 g/mol. The zero-order valence-electron chi connectivity index (χ0n) is 10.7. The minimum Gasteiger partial charge on any atom is -0.490 e. The molecule has 0 amide bonds. The van der Waals surface area contributed by atoms with Gasteiger partial charge >= 0.3 is 0 Å². The first-order valence-electron chi connectivity index (χ1n) is 6.36. The summed E-state index contributed by atoms with van der Waals surface area (Å²) in [5, 5.41) is 0. The lowest BCUT2D eigenvalue weighted by Crippen LogP contribution is -2.22.